The molecule has 35 heavy (non-hydrogen) atoms. The van der Waals surface area contributed by atoms with Gasteiger partial charge in [0.05, 0.1) is 17.3 Å². The van der Waals surface area contributed by atoms with Crippen molar-refractivity contribution in [3.05, 3.63) is 40.5 Å². The zero-order valence-electron chi connectivity index (χ0n) is 20.0. The van der Waals surface area contributed by atoms with Gasteiger partial charge >= 0.3 is 0 Å². The summed E-state index contributed by atoms with van der Waals surface area (Å²) in [6.45, 7) is 3.90. The van der Waals surface area contributed by atoms with Crippen LogP contribution in [0, 0.1) is 5.92 Å². The summed E-state index contributed by atoms with van der Waals surface area (Å²) in [7, 11) is 0. The van der Waals surface area contributed by atoms with Crippen molar-refractivity contribution in [3.8, 4) is 0 Å². The Bertz CT molecular complexity index is 1110. The molecule has 1 aliphatic heterocycles. The van der Waals surface area contributed by atoms with E-state index in [0.29, 0.717) is 19.4 Å². The fraction of sp³-hybridized carbons (Fsp3) is 0.520. The molecule has 188 valence electrons. The van der Waals surface area contributed by atoms with Gasteiger partial charge in [-0.05, 0) is 63.6 Å². The van der Waals surface area contributed by atoms with Crippen molar-refractivity contribution in [1.29, 1.82) is 0 Å². The minimum atomic E-state index is -1.09. The molecule has 10 heteroatoms. The van der Waals surface area contributed by atoms with Crippen molar-refractivity contribution in [3.63, 3.8) is 0 Å². The molecule has 4 rings (SSSR count). The van der Waals surface area contributed by atoms with Gasteiger partial charge in [0.25, 0.3) is 5.91 Å². The number of rotatable bonds is 7. The minimum Gasteiger partial charge on any atom is -0.383 e. The predicted octanol–water partition coefficient (Wildman–Crippen LogP) is 2.34. The fourth-order valence-corrected chi connectivity index (χ4v) is 4.78. The summed E-state index contributed by atoms with van der Waals surface area (Å²) in [5.74, 6) is -1.11. The number of aromatic nitrogens is 1. The van der Waals surface area contributed by atoms with Crippen LogP contribution in [0.4, 0.5) is 0 Å². The van der Waals surface area contributed by atoms with E-state index in [1.54, 1.807) is 6.92 Å². The molecule has 2 heterocycles. The molecular weight excluding hydrogens is 514 g/mol. The first kappa shape index (κ1) is 25.5. The van der Waals surface area contributed by atoms with Crippen LogP contribution < -0.4 is 16.1 Å². The van der Waals surface area contributed by atoms with Gasteiger partial charge in [-0.1, -0.05) is 34.5 Å². The van der Waals surface area contributed by atoms with E-state index in [-0.39, 0.29) is 23.8 Å². The monoisotopic (exact) mass is 545 g/mol. The van der Waals surface area contributed by atoms with Crippen LogP contribution in [0.5, 0.6) is 0 Å². The second-order valence-corrected chi connectivity index (χ2v) is 10.4. The van der Waals surface area contributed by atoms with E-state index in [4.69, 9.17) is 0 Å². The number of carbonyl (C=O) groups excluding carboxylic acids is 3. The highest BCUT2D eigenvalue weighted by Gasteiger charge is 2.34. The van der Waals surface area contributed by atoms with Crippen LogP contribution in [0.15, 0.2) is 34.8 Å². The quantitative estimate of drug-likeness (QED) is 0.423. The average Bonchev–Trinajstić information content (AvgIpc) is 2.81. The lowest BCUT2D eigenvalue weighted by Gasteiger charge is -2.35. The van der Waals surface area contributed by atoms with Gasteiger partial charge in [0.2, 0.25) is 11.8 Å². The Labute approximate surface area is 213 Å². The van der Waals surface area contributed by atoms with Gasteiger partial charge in [-0.3, -0.25) is 24.4 Å². The fourth-order valence-electron chi connectivity index (χ4n) is 4.43. The van der Waals surface area contributed by atoms with E-state index in [9.17, 15) is 19.5 Å². The Balaban J connectivity index is 1.32. The van der Waals surface area contributed by atoms with Gasteiger partial charge in [0.15, 0.2) is 0 Å². The summed E-state index contributed by atoms with van der Waals surface area (Å²) in [6, 6.07) is 8.04. The number of hydrazine groups is 1. The number of nitrogens with zero attached hydrogens (tertiary/aromatic N) is 2. The highest BCUT2D eigenvalue weighted by Crippen LogP contribution is 2.29. The van der Waals surface area contributed by atoms with Gasteiger partial charge < -0.3 is 15.7 Å². The molecule has 2 aromatic rings. The number of aliphatic hydroxyl groups excluding tert-OH is 1. The normalized spacial score (nSPS) is 21.0. The molecule has 0 radical (unpaired) electrons. The lowest BCUT2D eigenvalue weighted by Crippen LogP contribution is -2.61. The summed E-state index contributed by atoms with van der Waals surface area (Å²) in [5, 5.41) is 18.1. The molecular formula is C25H32BrN5O4. The third-order valence-corrected chi connectivity index (χ3v) is 7.33. The number of benzene rings is 1. The predicted molar refractivity (Wildman–Crippen MR) is 135 cm³/mol. The molecule has 0 spiro atoms. The number of fused-ring (bicyclic) bond motifs is 1. The van der Waals surface area contributed by atoms with Crippen molar-refractivity contribution >= 4 is 44.6 Å². The molecule has 4 unspecified atom stereocenters. The Hall–Kier alpha value is -2.56. The van der Waals surface area contributed by atoms with Crippen LogP contribution in [-0.4, -0.2) is 57.6 Å². The maximum absolute atomic E-state index is 13.0. The first-order chi connectivity index (χ1) is 16.7. The number of hydrogen-bond acceptors (Lipinski definition) is 6. The van der Waals surface area contributed by atoms with Crippen LogP contribution in [0.2, 0.25) is 0 Å². The van der Waals surface area contributed by atoms with Crippen LogP contribution in [-0.2, 0) is 14.4 Å². The van der Waals surface area contributed by atoms with Gasteiger partial charge in [-0.2, -0.15) is 0 Å². The smallest absolute Gasteiger partial charge is 0.258 e. The first-order valence-electron chi connectivity index (χ1n) is 12.2. The number of pyridine rings is 1. The molecule has 2 fully saturated rings. The lowest BCUT2D eigenvalue weighted by molar-refractivity contribution is -0.145. The number of hydrogen-bond donors (Lipinski definition) is 4. The molecule has 2 aliphatic rings. The third kappa shape index (κ3) is 5.99. The van der Waals surface area contributed by atoms with Gasteiger partial charge in [0, 0.05) is 16.4 Å². The van der Waals surface area contributed by atoms with E-state index in [0.717, 1.165) is 40.3 Å². The Kier molecular flexibility index (Phi) is 8.03. The Morgan fingerprint density at radius 1 is 1.11 bits per heavy atom. The Morgan fingerprint density at radius 3 is 2.57 bits per heavy atom. The van der Waals surface area contributed by atoms with E-state index in [1.807, 2.05) is 37.3 Å². The van der Waals surface area contributed by atoms with Gasteiger partial charge in [0.1, 0.15) is 18.2 Å². The molecule has 3 amide bonds. The second-order valence-electron chi connectivity index (χ2n) is 9.48. The summed E-state index contributed by atoms with van der Waals surface area (Å²) in [4.78, 5) is 42.8. The van der Waals surface area contributed by atoms with E-state index in [2.05, 4.69) is 37.0 Å². The molecule has 1 aliphatic carbocycles. The Morgan fingerprint density at radius 2 is 1.86 bits per heavy atom. The van der Waals surface area contributed by atoms with Crippen LogP contribution in [0.1, 0.15) is 57.7 Å². The highest BCUT2D eigenvalue weighted by atomic mass is 79.9. The topological polar surface area (TPSA) is 124 Å². The second kappa shape index (κ2) is 11.0. The average molecular weight is 546 g/mol. The highest BCUT2D eigenvalue weighted by molar-refractivity contribution is 9.10. The molecule has 1 saturated heterocycles. The number of amides is 3. The standard InChI is InChI=1S/C25H32BrN5O4/c1-14(19-11-9-16-8-10-18(26)13-21(16)29-19)27-23(33)20-7-4-12-31(30-20)25(35)15(2)28-24(34)22(32)17-5-3-6-17/h8-11,13-15,17,20,22,30,32H,3-7,12H2,1-2H3,(H,27,33)(H,28,34). The van der Waals surface area contributed by atoms with E-state index >= 15 is 0 Å². The first-order valence-corrected chi connectivity index (χ1v) is 12.9. The van der Waals surface area contributed by atoms with Crippen molar-refractivity contribution in [2.24, 2.45) is 5.92 Å². The number of carbonyl (C=O) groups is 3. The van der Waals surface area contributed by atoms with Gasteiger partial charge in [-0.25, -0.2) is 5.43 Å². The molecule has 4 N–H and O–H groups in total. The molecule has 0 bridgehead atoms. The summed E-state index contributed by atoms with van der Waals surface area (Å²) >= 11 is 3.46. The van der Waals surface area contributed by atoms with Crippen molar-refractivity contribution < 1.29 is 19.5 Å². The number of nitrogens with one attached hydrogen (secondary N) is 3. The largest absolute Gasteiger partial charge is 0.383 e. The van der Waals surface area contributed by atoms with Crippen molar-refractivity contribution in [2.45, 2.75) is 70.2 Å². The summed E-state index contributed by atoms with van der Waals surface area (Å²) in [6.07, 6.45) is 2.81. The van der Waals surface area contributed by atoms with Crippen LogP contribution in [0.3, 0.4) is 0 Å². The lowest BCUT2D eigenvalue weighted by atomic mass is 9.81. The van der Waals surface area contributed by atoms with Gasteiger partial charge in [-0.15, -0.1) is 0 Å². The number of aliphatic hydroxyl groups is 1. The minimum absolute atomic E-state index is 0.0286. The zero-order chi connectivity index (χ0) is 25.1. The zero-order valence-corrected chi connectivity index (χ0v) is 21.5. The van der Waals surface area contributed by atoms with E-state index < -0.39 is 24.1 Å². The SMILES string of the molecule is CC(NC(=O)C(O)C1CCC1)C(=O)N1CCCC(C(=O)NC(C)c2ccc3ccc(Br)cc3n2)N1. The maximum atomic E-state index is 13.0. The molecule has 1 aromatic carbocycles. The number of halogens is 1. The summed E-state index contributed by atoms with van der Waals surface area (Å²) in [5.41, 5.74) is 4.59. The van der Waals surface area contributed by atoms with Crippen molar-refractivity contribution in [1.82, 2.24) is 26.1 Å². The summed E-state index contributed by atoms with van der Waals surface area (Å²) < 4.78 is 0.936. The molecule has 9 nitrogen and oxygen atoms in total. The molecule has 1 aromatic heterocycles. The van der Waals surface area contributed by atoms with Crippen LogP contribution >= 0.6 is 15.9 Å². The molecule has 1 saturated carbocycles. The van der Waals surface area contributed by atoms with Crippen LogP contribution in [0.25, 0.3) is 10.9 Å². The maximum Gasteiger partial charge on any atom is 0.258 e. The third-order valence-electron chi connectivity index (χ3n) is 6.84. The molecule has 4 atom stereocenters. The van der Waals surface area contributed by atoms with Crippen molar-refractivity contribution in [2.75, 3.05) is 6.54 Å². The van der Waals surface area contributed by atoms with E-state index in [1.165, 1.54) is 5.01 Å².